The third kappa shape index (κ3) is 2.79. The maximum absolute atomic E-state index is 14.8. The molecule has 5 aliphatic rings. The SMILES string of the molecule is CCOC(=O)C1=CN2C3CC4N=CNC(=O)C4CC3OC3C(F)C(F)CC(C1=O)C32. The van der Waals surface area contributed by atoms with Gasteiger partial charge in [0.15, 0.2) is 12.0 Å². The van der Waals surface area contributed by atoms with Crippen LogP contribution in [-0.2, 0) is 23.9 Å². The number of hydrogen-bond acceptors (Lipinski definition) is 7. The van der Waals surface area contributed by atoms with Crippen LogP contribution in [0.5, 0.6) is 0 Å². The lowest BCUT2D eigenvalue weighted by Crippen LogP contribution is -2.71. The van der Waals surface area contributed by atoms with Crippen LogP contribution >= 0.6 is 0 Å². The molecule has 0 spiro atoms. The summed E-state index contributed by atoms with van der Waals surface area (Å²) in [6, 6.07) is -1.27. The van der Waals surface area contributed by atoms with E-state index in [1.807, 2.05) is 0 Å². The lowest BCUT2D eigenvalue weighted by molar-refractivity contribution is -0.214. The first-order chi connectivity index (χ1) is 14.4. The summed E-state index contributed by atoms with van der Waals surface area (Å²) in [7, 11) is 0. The Kier molecular flexibility index (Phi) is 4.64. The largest absolute Gasteiger partial charge is 0.462 e. The summed E-state index contributed by atoms with van der Waals surface area (Å²) in [5.41, 5.74) is -0.144. The molecule has 3 fully saturated rings. The maximum atomic E-state index is 14.8. The standard InChI is InChI=1S/C20H23F2N3O5/c1-2-29-20(28)10-6-25-13-5-12-8(19(27)24-7-23-12)4-14(13)30-18-15(22)11(21)3-9(16(18)25)17(10)26/h6-9,11-16,18H,2-5H2,1H3,(H,23,24,27). The second-order valence-electron chi connectivity index (χ2n) is 8.51. The molecule has 9 unspecified atom stereocenters. The number of carbonyl (C=O) groups excluding carboxylic acids is 3. The highest BCUT2D eigenvalue weighted by Crippen LogP contribution is 2.47. The lowest BCUT2D eigenvalue weighted by Gasteiger charge is -2.59. The van der Waals surface area contributed by atoms with Crippen molar-refractivity contribution in [3.8, 4) is 0 Å². The molecular weight excluding hydrogens is 400 g/mol. The van der Waals surface area contributed by atoms with Gasteiger partial charge in [-0.25, -0.2) is 13.6 Å². The molecule has 0 aromatic heterocycles. The first kappa shape index (κ1) is 19.6. The third-order valence-electron chi connectivity index (χ3n) is 6.99. The average molecular weight is 423 g/mol. The van der Waals surface area contributed by atoms with Crippen molar-refractivity contribution < 1.29 is 32.6 Å². The number of ether oxygens (including phenoxy) is 2. The zero-order valence-corrected chi connectivity index (χ0v) is 16.4. The van der Waals surface area contributed by atoms with Gasteiger partial charge in [0.25, 0.3) is 0 Å². The molecule has 30 heavy (non-hydrogen) atoms. The number of nitrogens with one attached hydrogen (secondary N) is 1. The second kappa shape index (κ2) is 7.11. The lowest BCUT2D eigenvalue weighted by atomic mass is 9.69. The Morgan fingerprint density at radius 1 is 1.30 bits per heavy atom. The summed E-state index contributed by atoms with van der Waals surface area (Å²) in [4.78, 5) is 43.8. The van der Waals surface area contributed by atoms with Crippen molar-refractivity contribution in [2.45, 2.75) is 68.9 Å². The molecular formula is C20H23F2N3O5. The van der Waals surface area contributed by atoms with Crippen LogP contribution in [0.1, 0.15) is 26.2 Å². The topological polar surface area (TPSA) is 97.3 Å². The third-order valence-corrected chi connectivity index (χ3v) is 6.99. The van der Waals surface area contributed by atoms with Gasteiger partial charge in [0.05, 0.1) is 43.1 Å². The molecule has 1 saturated heterocycles. The number of esters is 1. The van der Waals surface area contributed by atoms with Gasteiger partial charge in [-0.15, -0.1) is 0 Å². The molecule has 5 rings (SSSR count). The Labute approximate surface area is 171 Å². The number of amides is 1. The summed E-state index contributed by atoms with van der Waals surface area (Å²) in [6.45, 7) is 1.73. The van der Waals surface area contributed by atoms with Crippen LogP contribution in [0.3, 0.4) is 0 Å². The van der Waals surface area contributed by atoms with Gasteiger partial charge >= 0.3 is 5.97 Å². The molecule has 0 radical (unpaired) electrons. The highest BCUT2D eigenvalue weighted by molar-refractivity contribution is 6.18. The molecule has 10 heteroatoms. The number of hydrogen-bond donors (Lipinski definition) is 1. The Morgan fingerprint density at radius 3 is 2.87 bits per heavy atom. The smallest absolute Gasteiger partial charge is 0.343 e. The minimum atomic E-state index is -1.88. The molecule has 2 aliphatic carbocycles. The molecule has 2 saturated carbocycles. The van der Waals surface area contributed by atoms with E-state index in [1.165, 1.54) is 12.5 Å². The van der Waals surface area contributed by atoms with Crippen molar-refractivity contribution in [2.75, 3.05) is 6.61 Å². The summed E-state index contributed by atoms with van der Waals surface area (Å²) < 4.78 is 40.4. The van der Waals surface area contributed by atoms with E-state index in [1.54, 1.807) is 11.8 Å². The molecule has 1 N–H and O–H groups in total. The van der Waals surface area contributed by atoms with Crippen LogP contribution in [0.25, 0.3) is 0 Å². The summed E-state index contributed by atoms with van der Waals surface area (Å²) in [6.07, 6.45) is -2.15. The van der Waals surface area contributed by atoms with Crippen LogP contribution in [-0.4, -0.2) is 78.2 Å². The van der Waals surface area contributed by atoms with Gasteiger partial charge in [-0.1, -0.05) is 0 Å². The minimum Gasteiger partial charge on any atom is -0.462 e. The fourth-order valence-corrected chi connectivity index (χ4v) is 5.65. The van der Waals surface area contributed by atoms with E-state index >= 15 is 0 Å². The minimum absolute atomic E-state index is 0.0984. The molecule has 9 atom stereocenters. The van der Waals surface area contributed by atoms with Crippen molar-refractivity contribution in [1.82, 2.24) is 10.2 Å². The number of carbonyl (C=O) groups is 3. The van der Waals surface area contributed by atoms with Crippen molar-refractivity contribution in [1.29, 1.82) is 0 Å². The highest BCUT2D eigenvalue weighted by Gasteiger charge is 2.60. The first-order valence-corrected chi connectivity index (χ1v) is 10.4. The molecule has 8 nitrogen and oxygen atoms in total. The van der Waals surface area contributed by atoms with Crippen molar-refractivity contribution in [2.24, 2.45) is 16.8 Å². The average Bonchev–Trinajstić information content (AvgIpc) is 2.72. The Hall–Kier alpha value is -2.36. The van der Waals surface area contributed by atoms with Gasteiger partial charge in [-0.05, 0) is 26.2 Å². The van der Waals surface area contributed by atoms with Gasteiger partial charge in [0.2, 0.25) is 5.91 Å². The van der Waals surface area contributed by atoms with E-state index < -0.39 is 54.2 Å². The Balaban J connectivity index is 1.55. The highest BCUT2D eigenvalue weighted by atomic mass is 19.2. The predicted octanol–water partition coefficient (Wildman–Crippen LogP) is 0.456. The monoisotopic (exact) mass is 423 g/mol. The Bertz CT molecular complexity index is 848. The fourth-order valence-electron chi connectivity index (χ4n) is 5.65. The number of aliphatic imine (C=N–C) groups is 1. The number of rotatable bonds is 2. The molecule has 3 aliphatic heterocycles. The predicted molar refractivity (Wildman–Crippen MR) is 98.8 cm³/mol. The van der Waals surface area contributed by atoms with E-state index in [9.17, 15) is 23.2 Å². The van der Waals surface area contributed by atoms with E-state index in [-0.39, 0.29) is 36.6 Å². The molecule has 0 bridgehead atoms. The van der Waals surface area contributed by atoms with Gasteiger partial charge in [-0.2, -0.15) is 0 Å². The number of alkyl halides is 2. The maximum Gasteiger partial charge on any atom is 0.343 e. The van der Waals surface area contributed by atoms with E-state index in [0.717, 1.165) is 0 Å². The summed E-state index contributed by atoms with van der Waals surface area (Å²) in [5.74, 6) is -2.76. The molecule has 162 valence electrons. The number of nitrogens with zero attached hydrogens (tertiary/aromatic N) is 2. The number of ketones is 1. The quantitative estimate of drug-likeness (QED) is 0.512. The first-order valence-electron chi connectivity index (χ1n) is 10.4. The zero-order chi connectivity index (χ0) is 21.2. The second-order valence-corrected chi connectivity index (χ2v) is 8.51. The van der Waals surface area contributed by atoms with Crippen LogP contribution in [0.2, 0.25) is 0 Å². The van der Waals surface area contributed by atoms with Gasteiger partial charge < -0.3 is 19.7 Å². The molecule has 3 heterocycles. The Morgan fingerprint density at radius 2 is 2.10 bits per heavy atom. The van der Waals surface area contributed by atoms with Crippen molar-refractivity contribution in [3.05, 3.63) is 11.8 Å². The number of fused-ring (bicyclic) bond motifs is 3. The van der Waals surface area contributed by atoms with Crippen molar-refractivity contribution in [3.63, 3.8) is 0 Å². The molecule has 1 amide bonds. The number of Topliss-reactive ketones (excluding diaryl/α,β-unsaturated/α-hetero) is 1. The van der Waals surface area contributed by atoms with Gasteiger partial charge in [0, 0.05) is 12.1 Å². The normalized spacial score (nSPS) is 44.3. The number of halogens is 2. The van der Waals surface area contributed by atoms with Crippen molar-refractivity contribution >= 4 is 24.0 Å². The molecule has 0 aromatic carbocycles. The number of morpholine rings is 1. The van der Waals surface area contributed by atoms with E-state index in [0.29, 0.717) is 12.8 Å². The van der Waals surface area contributed by atoms with Gasteiger partial charge in [-0.3, -0.25) is 14.6 Å². The van der Waals surface area contributed by atoms with Crippen LogP contribution in [0.4, 0.5) is 8.78 Å². The van der Waals surface area contributed by atoms with Crippen LogP contribution < -0.4 is 5.32 Å². The van der Waals surface area contributed by atoms with Gasteiger partial charge in [0.1, 0.15) is 17.8 Å². The summed E-state index contributed by atoms with van der Waals surface area (Å²) >= 11 is 0. The summed E-state index contributed by atoms with van der Waals surface area (Å²) in [5, 5.41) is 2.58. The fraction of sp³-hybridized carbons (Fsp3) is 0.700. The zero-order valence-electron chi connectivity index (χ0n) is 16.4. The van der Waals surface area contributed by atoms with E-state index in [4.69, 9.17) is 9.47 Å². The van der Waals surface area contributed by atoms with Crippen LogP contribution in [0, 0.1) is 11.8 Å². The van der Waals surface area contributed by atoms with E-state index in [2.05, 4.69) is 10.3 Å². The van der Waals surface area contributed by atoms with Crippen LogP contribution in [0.15, 0.2) is 16.8 Å². The molecule has 0 aromatic rings.